The summed E-state index contributed by atoms with van der Waals surface area (Å²) in [7, 11) is 0. The molecular formula is C37H35N3O2. The minimum atomic E-state index is -1.00. The quantitative estimate of drug-likeness (QED) is 0.167. The van der Waals surface area contributed by atoms with Crippen LogP contribution in [0.2, 0.25) is 0 Å². The van der Waals surface area contributed by atoms with Gasteiger partial charge in [0.1, 0.15) is 23.0 Å². The number of hydrogen-bond donors (Lipinski definition) is 3. The highest BCUT2D eigenvalue weighted by Gasteiger charge is 2.49. The van der Waals surface area contributed by atoms with E-state index in [9.17, 15) is 5.11 Å². The van der Waals surface area contributed by atoms with Gasteiger partial charge in [0.15, 0.2) is 5.66 Å². The number of unbranched alkanes of at least 4 members (excludes halogenated alkanes) is 1. The maximum absolute atomic E-state index is 11.4. The van der Waals surface area contributed by atoms with Gasteiger partial charge in [0.05, 0.1) is 12.2 Å². The third-order valence-electron chi connectivity index (χ3n) is 7.74. The van der Waals surface area contributed by atoms with Crippen molar-refractivity contribution < 1.29 is 9.84 Å². The molecule has 1 heterocycles. The number of benzene rings is 5. The van der Waals surface area contributed by atoms with Gasteiger partial charge >= 0.3 is 0 Å². The summed E-state index contributed by atoms with van der Waals surface area (Å²) in [4.78, 5) is 5.43. The van der Waals surface area contributed by atoms with Gasteiger partial charge in [-0.15, -0.1) is 0 Å². The van der Waals surface area contributed by atoms with Crippen molar-refractivity contribution in [1.82, 2.24) is 10.6 Å². The molecule has 0 saturated carbocycles. The van der Waals surface area contributed by atoms with E-state index >= 15 is 0 Å². The number of hydrogen-bond acceptors (Lipinski definition) is 5. The summed E-state index contributed by atoms with van der Waals surface area (Å²) in [6, 6.07) is 46.7. The van der Waals surface area contributed by atoms with Gasteiger partial charge in [-0.25, -0.2) is 4.99 Å². The van der Waals surface area contributed by atoms with Crippen LogP contribution in [-0.4, -0.2) is 17.5 Å². The Bertz CT molecular complexity index is 1560. The molecule has 0 aromatic heterocycles. The first kappa shape index (κ1) is 27.3. The normalized spacial score (nSPS) is 15.3. The van der Waals surface area contributed by atoms with E-state index in [1.807, 2.05) is 84.9 Å². The van der Waals surface area contributed by atoms with Gasteiger partial charge in [-0.2, -0.15) is 0 Å². The van der Waals surface area contributed by atoms with Gasteiger partial charge in [0, 0.05) is 6.07 Å². The second-order valence-electron chi connectivity index (χ2n) is 10.5. The number of aromatic hydroxyl groups is 1. The first-order valence-corrected chi connectivity index (χ1v) is 14.5. The van der Waals surface area contributed by atoms with Crippen molar-refractivity contribution in [2.24, 2.45) is 4.99 Å². The Hall–Kier alpha value is -4.87. The highest BCUT2D eigenvalue weighted by molar-refractivity contribution is 6.03. The molecule has 3 N–H and O–H groups in total. The largest absolute Gasteiger partial charge is 0.507 e. The molecule has 0 saturated heterocycles. The topological polar surface area (TPSA) is 65.9 Å². The maximum atomic E-state index is 11.4. The zero-order valence-corrected chi connectivity index (χ0v) is 23.7. The smallest absolute Gasteiger partial charge is 0.166 e. The summed E-state index contributed by atoms with van der Waals surface area (Å²) >= 11 is 0. The SMILES string of the molecule is CCCCOc1ccc(C2=NC(c3ccccc3)(c3ccccc3)NC(c3ccccc3)(c3ccccc3)N2)c(O)c1. The van der Waals surface area contributed by atoms with Crippen LogP contribution in [0.3, 0.4) is 0 Å². The zero-order valence-electron chi connectivity index (χ0n) is 23.7. The number of amidine groups is 1. The van der Waals surface area contributed by atoms with E-state index < -0.39 is 11.3 Å². The van der Waals surface area contributed by atoms with Crippen LogP contribution in [0.25, 0.3) is 0 Å². The minimum absolute atomic E-state index is 0.0993. The van der Waals surface area contributed by atoms with E-state index in [0.29, 0.717) is 23.8 Å². The molecule has 0 amide bonds. The van der Waals surface area contributed by atoms with Crippen LogP contribution in [0.15, 0.2) is 145 Å². The Kier molecular flexibility index (Phi) is 7.76. The molecule has 0 spiro atoms. The Morgan fingerprint density at radius 2 is 1.17 bits per heavy atom. The molecule has 5 nitrogen and oxygen atoms in total. The van der Waals surface area contributed by atoms with E-state index in [1.165, 1.54) is 0 Å². The summed E-state index contributed by atoms with van der Waals surface area (Å²) < 4.78 is 5.90. The van der Waals surface area contributed by atoms with Crippen molar-refractivity contribution in [3.8, 4) is 11.5 Å². The van der Waals surface area contributed by atoms with Crippen molar-refractivity contribution in [1.29, 1.82) is 0 Å². The molecule has 0 fully saturated rings. The molecule has 1 aliphatic rings. The van der Waals surface area contributed by atoms with Crippen LogP contribution in [0.4, 0.5) is 0 Å². The molecule has 210 valence electrons. The van der Waals surface area contributed by atoms with Crippen LogP contribution in [0, 0.1) is 0 Å². The fraction of sp³-hybridized carbons (Fsp3) is 0.162. The molecular weight excluding hydrogens is 518 g/mol. The van der Waals surface area contributed by atoms with Crippen molar-refractivity contribution >= 4 is 5.84 Å². The summed E-state index contributed by atoms with van der Waals surface area (Å²) in [5, 5.41) is 19.2. The second-order valence-corrected chi connectivity index (χ2v) is 10.5. The zero-order chi connectivity index (χ0) is 28.8. The highest BCUT2D eigenvalue weighted by Crippen LogP contribution is 2.42. The van der Waals surface area contributed by atoms with Gasteiger partial charge in [-0.3, -0.25) is 5.32 Å². The number of phenols is 1. The van der Waals surface area contributed by atoms with Gasteiger partial charge in [0.2, 0.25) is 0 Å². The number of aliphatic imine (C=N–C) groups is 1. The van der Waals surface area contributed by atoms with E-state index in [4.69, 9.17) is 9.73 Å². The van der Waals surface area contributed by atoms with E-state index in [-0.39, 0.29) is 5.75 Å². The molecule has 5 aromatic rings. The first-order valence-electron chi connectivity index (χ1n) is 14.5. The Balaban J connectivity index is 1.62. The van der Waals surface area contributed by atoms with Gasteiger partial charge in [0.25, 0.3) is 0 Å². The summed E-state index contributed by atoms with van der Waals surface area (Å²) in [5.41, 5.74) is 2.66. The van der Waals surface area contributed by atoms with Crippen molar-refractivity contribution in [3.05, 3.63) is 167 Å². The molecule has 6 rings (SSSR count). The molecule has 5 heteroatoms. The monoisotopic (exact) mass is 553 g/mol. The number of rotatable bonds is 9. The number of phenolic OH excluding ortho intramolecular Hbond substituents is 1. The molecule has 42 heavy (non-hydrogen) atoms. The molecule has 0 aliphatic carbocycles. The van der Waals surface area contributed by atoms with Crippen LogP contribution < -0.4 is 15.4 Å². The predicted octanol–water partition coefficient (Wildman–Crippen LogP) is 7.31. The molecule has 0 bridgehead atoms. The third kappa shape index (κ3) is 5.15. The lowest BCUT2D eigenvalue weighted by molar-refractivity contribution is 0.242. The molecule has 0 radical (unpaired) electrons. The Morgan fingerprint density at radius 1 is 0.667 bits per heavy atom. The lowest BCUT2D eigenvalue weighted by Gasteiger charge is -2.49. The average Bonchev–Trinajstić information content (AvgIpc) is 3.06. The van der Waals surface area contributed by atoms with Crippen molar-refractivity contribution in [2.45, 2.75) is 31.1 Å². The lowest BCUT2D eigenvalue weighted by Crippen LogP contribution is -2.67. The predicted molar refractivity (Wildman–Crippen MR) is 169 cm³/mol. The summed E-state index contributed by atoms with van der Waals surface area (Å²) in [6.07, 6.45) is 2.00. The summed E-state index contributed by atoms with van der Waals surface area (Å²) in [5.74, 6) is 1.29. The molecule has 1 aliphatic heterocycles. The summed E-state index contributed by atoms with van der Waals surface area (Å²) in [6.45, 7) is 2.73. The second kappa shape index (κ2) is 11.9. The van der Waals surface area contributed by atoms with E-state index in [1.54, 1.807) is 6.07 Å². The fourth-order valence-electron chi connectivity index (χ4n) is 5.60. The third-order valence-corrected chi connectivity index (χ3v) is 7.74. The first-order chi connectivity index (χ1) is 20.6. The van der Waals surface area contributed by atoms with Gasteiger partial charge < -0.3 is 15.2 Å². The minimum Gasteiger partial charge on any atom is -0.507 e. The van der Waals surface area contributed by atoms with E-state index in [2.05, 4.69) is 66.1 Å². The maximum Gasteiger partial charge on any atom is 0.166 e. The molecule has 0 unspecified atom stereocenters. The number of nitrogens with one attached hydrogen (secondary N) is 2. The Labute approximate surface area is 247 Å². The highest BCUT2D eigenvalue weighted by atomic mass is 16.5. The van der Waals surface area contributed by atoms with E-state index in [0.717, 1.165) is 35.1 Å². The number of nitrogens with zero attached hydrogens (tertiary/aromatic N) is 1. The number of ether oxygens (including phenoxy) is 1. The standard InChI is InChI=1S/C37H35N3O2/c1-2-3-26-42-32-24-25-33(34(41)27-32)35-38-36(28-16-8-4-9-17-28,29-18-10-5-11-19-29)40-37(39-35,30-20-12-6-13-21-30)31-22-14-7-15-23-31/h4-25,27,40-41H,2-3,26H2,1H3,(H,38,39). The molecule has 0 atom stereocenters. The van der Waals surface area contributed by atoms with Crippen LogP contribution >= 0.6 is 0 Å². The average molecular weight is 554 g/mol. The lowest BCUT2D eigenvalue weighted by atomic mass is 9.82. The molecule has 5 aromatic carbocycles. The van der Waals surface area contributed by atoms with Gasteiger partial charge in [-0.1, -0.05) is 135 Å². The fourth-order valence-corrected chi connectivity index (χ4v) is 5.60. The van der Waals surface area contributed by atoms with Crippen LogP contribution in [-0.2, 0) is 11.3 Å². The van der Waals surface area contributed by atoms with Crippen LogP contribution in [0.5, 0.6) is 11.5 Å². The van der Waals surface area contributed by atoms with Gasteiger partial charge in [-0.05, 0) is 40.8 Å². The van der Waals surface area contributed by atoms with Crippen molar-refractivity contribution in [3.63, 3.8) is 0 Å². The Morgan fingerprint density at radius 3 is 1.64 bits per heavy atom. The van der Waals surface area contributed by atoms with Crippen molar-refractivity contribution in [2.75, 3.05) is 6.61 Å². The van der Waals surface area contributed by atoms with Crippen LogP contribution in [0.1, 0.15) is 47.6 Å².